The van der Waals surface area contributed by atoms with E-state index in [-0.39, 0.29) is 17.7 Å². The highest BCUT2D eigenvalue weighted by Crippen LogP contribution is 2.28. The molecule has 7 nitrogen and oxygen atoms in total. The van der Waals surface area contributed by atoms with Crippen LogP contribution in [0, 0.1) is 11.3 Å². The molecule has 0 fully saturated rings. The molecule has 0 spiro atoms. The van der Waals surface area contributed by atoms with Crippen LogP contribution >= 0.6 is 11.6 Å². The van der Waals surface area contributed by atoms with Gasteiger partial charge in [-0.1, -0.05) is 11.6 Å². The minimum Gasteiger partial charge on any atom is -0.479 e. The molecule has 28 heavy (non-hydrogen) atoms. The Balaban J connectivity index is 1.74. The van der Waals surface area contributed by atoms with Crippen molar-refractivity contribution in [3.05, 3.63) is 53.3 Å². The number of nitriles is 1. The number of pyridine rings is 1. The quantitative estimate of drug-likeness (QED) is 0.572. The molecule has 0 aliphatic heterocycles. The Hall–Kier alpha value is -3.24. The van der Waals surface area contributed by atoms with Crippen molar-refractivity contribution in [1.29, 1.82) is 5.26 Å². The summed E-state index contributed by atoms with van der Waals surface area (Å²) in [5.41, 5.74) is 0.788. The van der Waals surface area contributed by atoms with Crippen LogP contribution < -0.4 is 9.47 Å². The smallest absolute Gasteiger partial charge is 0.347 e. The van der Waals surface area contributed by atoms with Crippen molar-refractivity contribution < 1.29 is 19.0 Å². The number of aromatic nitrogens is 2. The van der Waals surface area contributed by atoms with Gasteiger partial charge in [0.25, 0.3) is 5.88 Å². The Morgan fingerprint density at radius 3 is 2.46 bits per heavy atom. The fourth-order valence-electron chi connectivity index (χ4n) is 2.45. The SMILES string of the molecule is CC(C)OC(=O)C(C)Oc1ccc(Oc2nc3ccc(Cl)cn3c2C#N)cc1. The summed E-state index contributed by atoms with van der Waals surface area (Å²) in [5, 5.41) is 9.92. The van der Waals surface area contributed by atoms with E-state index in [1.165, 1.54) is 0 Å². The van der Waals surface area contributed by atoms with Crippen LogP contribution in [0.3, 0.4) is 0 Å². The first-order chi connectivity index (χ1) is 13.4. The lowest BCUT2D eigenvalue weighted by Crippen LogP contribution is -2.28. The van der Waals surface area contributed by atoms with Crippen molar-refractivity contribution >= 4 is 23.2 Å². The summed E-state index contributed by atoms with van der Waals surface area (Å²) in [6.07, 6.45) is 0.663. The van der Waals surface area contributed by atoms with Crippen molar-refractivity contribution in [2.75, 3.05) is 0 Å². The Labute approximate surface area is 167 Å². The molecule has 1 unspecified atom stereocenters. The first-order valence-electron chi connectivity index (χ1n) is 8.60. The van der Waals surface area contributed by atoms with Crippen LogP contribution in [0.4, 0.5) is 0 Å². The highest BCUT2D eigenvalue weighted by atomic mass is 35.5. The topological polar surface area (TPSA) is 85.8 Å². The summed E-state index contributed by atoms with van der Waals surface area (Å²) >= 11 is 5.98. The van der Waals surface area contributed by atoms with Gasteiger partial charge in [0.1, 0.15) is 23.2 Å². The third kappa shape index (κ3) is 4.35. The lowest BCUT2D eigenvalue weighted by molar-refractivity contribution is -0.154. The van der Waals surface area contributed by atoms with Crippen molar-refractivity contribution in [3.63, 3.8) is 0 Å². The molecule has 8 heteroatoms. The van der Waals surface area contributed by atoms with Gasteiger partial charge in [-0.05, 0) is 57.2 Å². The van der Waals surface area contributed by atoms with Gasteiger partial charge < -0.3 is 14.2 Å². The first-order valence-corrected chi connectivity index (χ1v) is 8.98. The summed E-state index contributed by atoms with van der Waals surface area (Å²) in [6.45, 7) is 5.18. The molecule has 0 amide bonds. The third-order valence-electron chi connectivity index (χ3n) is 3.69. The van der Waals surface area contributed by atoms with Crippen LogP contribution in [0.2, 0.25) is 5.02 Å². The van der Waals surface area contributed by atoms with Crippen LogP contribution in [0.1, 0.15) is 26.5 Å². The standard InChI is InChI=1S/C20H18ClN3O4/c1-12(2)26-20(25)13(3)27-15-5-7-16(8-6-15)28-19-17(10-22)24-11-14(21)4-9-18(24)23-19/h4-9,11-13H,1-3H3. The van der Waals surface area contributed by atoms with Crippen molar-refractivity contribution in [1.82, 2.24) is 9.38 Å². The molecule has 3 aromatic rings. The van der Waals surface area contributed by atoms with Crippen LogP contribution in [0.15, 0.2) is 42.6 Å². The van der Waals surface area contributed by atoms with E-state index in [4.69, 9.17) is 25.8 Å². The molecular weight excluding hydrogens is 382 g/mol. The van der Waals surface area contributed by atoms with Gasteiger partial charge in [-0.3, -0.25) is 4.40 Å². The average Bonchev–Trinajstić information content (AvgIpc) is 2.98. The molecule has 1 atom stereocenters. The maximum Gasteiger partial charge on any atom is 0.347 e. The van der Waals surface area contributed by atoms with Crippen molar-refractivity contribution in [2.24, 2.45) is 0 Å². The number of fused-ring (bicyclic) bond motifs is 1. The zero-order chi connectivity index (χ0) is 20.3. The van der Waals surface area contributed by atoms with Crippen LogP contribution in [-0.4, -0.2) is 27.6 Å². The summed E-state index contributed by atoms with van der Waals surface area (Å²) in [5.74, 6) is 0.697. The lowest BCUT2D eigenvalue weighted by atomic mass is 10.3. The minimum atomic E-state index is -0.734. The monoisotopic (exact) mass is 399 g/mol. The van der Waals surface area contributed by atoms with E-state index in [2.05, 4.69) is 11.1 Å². The number of ether oxygens (including phenoxy) is 3. The average molecular weight is 400 g/mol. The van der Waals surface area contributed by atoms with E-state index >= 15 is 0 Å². The van der Waals surface area contributed by atoms with Crippen LogP contribution in [0.25, 0.3) is 5.65 Å². The molecule has 3 rings (SSSR count). The van der Waals surface area contributed by atoms with E-state index in [9.17, 15) is 10.1 Å². The van der Waals surface area contributed by atoms with Gasteiger partial charge in [0.2, 0.25) is 0 Å². The number of carbonyl (C=O) groups is 1. The zero-order valence-corrected chi connectivity index (χ0v) is 16.3. The molecule has 0 bridgehead atoms. The fourth-order valence-corrected chi connectivity index (χ4v) is 2.61. The number of nitrogens with zero attached hydrogens (tertiary/aromatic N) is 3. The molecule has 0 N–H and O–H groups in total. The van der Waals surface area contributed by atoms with Gasteiger partial charge in [-0.15, -0.1) is 0 Å². The fraction of sp³-hybridized carbons (Fsp3) is 0.250. The highest BCUT2D eigenvalue weighted by molar-refractivity contribution is 6.30. The van der Waals surface area contributed by atoms with E-state index in [1.54, 1.807) is 67.8 Å². The van der Waals surface area contributed by atoms with E-state index < -0.39 is 12.1 Å². The summed E-state index contributed by atoms with van der Waals surface area (Å²) in [6, 6.07) is 12.1. The maximum absolute atomic E-state index is 11.8. The molecular formula is C20H18ClN3O4. The maximum atomic E-state index is 11.8. The second kappa shape index (κ2) is 8.19. The van der Waals surface area contributed by atoms with Gasteiger partial charge in [0, 0.05) is 6.20 Å². The second-order valence-corrected chi connectivity index (χ2v) is 6.71. The Bertz CT molecular complexity index is 1040. The first kappa shape index (κ1) is 19.5. The lowest BCUT2D eigenvalue weighted by Gasteiger charge is -2.15. The van der Waals surface area contributed by atoms with E-state index in [0.717, 1.165) is 0 Å². The number of benzene rings is 1. The molecule has 144 valence electrons. The number of rotatable bonds is 6. The third-order valence-corrected chi connectivity index (χ3v) is 3.91. The number of carbonyl (C=O) groups excluding carboxylic acids is 1. The number of esters is 1. The summed E-state index contributed by atoms with van der Waals surface area (Å²) < 4.78 is 18.0. The van der Waals surface area contributed by atoms with E-state index in [0.29, 0.717) is 22.2 Å². The number of halogens is 1. The molecule has 1 aromatic carbocycles. The van der Waals surface area contributed by atoms with Gasteiger partial charge >= 0.3 is 5.97 Å². The molecule has 0 saturated heterocycles. The zero-order valence-electron chi connectivity index (χ0n) is 15.5. The minimum absolute atomic E-state index is 0.173. The van der Waals surface area contributed by atoms with Gasteiger partial charge in [-0.25, -0.2) is 4.79 Å². The Morgan fingerprint density at radius 1 is 1.14 bits per heavy atom. The second-order valence-electron chi connectivity index (χ2n) is 6.27. The molecule has 0 aliphatic rings. The van der Waals surface area contributed by atoms with Crippen LogP contribution in [0.5, 0.6) is 17.4 Å². The molecule has 0 saturated carbocycles. The van der Waals surface area contributed by atoms with Gasteiger partial charge in [0.05, 0.1) is 11.1 Å². The summed E-state index contributed by atoms with van der Waals surface area (Å²) in [7, 11) is 0. The van der Waals surface area contributed by atoms with Gasteiger partial charge in [0.15, 0.2) is 11.8 Å². The van der Waals surface area contributed by atoms with E-state index in [1.807, 2.05) is 0 Å². The number of hydrogen-bond acceptors (Lipinski definition) is 6. The van der Waals surface area contributed by atoms with Crippen molar-refractivity contribution in [3.8, 4) is 23.4 Å². The Morgan fingerprint density at radius 2 is 1.82 bits per heavy atom. The number of imidazole rings is 1. The molecule has 2 heterocycles. The summed E-state index contributed by atoms with van der Waals surface area (Å²) in [4.78, 5) is 16.1. The predicted molar refractivity (Wildman–Crippen MR) is 103 cm³/mol. The van der Waals surface area contributed by atoms with Crippen LogP contribution in [-0.2, 0) is 9.53 Å². The highest BCUT2D eigenvalue weighted by Gasteiger charge is 2.18. The van der Waals surface area contributed by atoms with Gasteiger partial charge in [-0.2, -0.15) is 10.2 Å². The molecule has 0 aliphatic carbocycles. The largest absolute Gasteiger partial charge is 0.479 e. The molecule has 0 radical (unpaired) electrons. The molecule has 2 aromatic heterocycles. The normalized spacial score (nSPS) is 11.9. The Kier molecular flexibility index (Phi) is 5.71. The van der Waals surface area contributed by atoms with Crippen molar-refractivity contribution in [2.45, 2.75) is 33.0 Å². The predicted octanol–water partition coefficient (Wildman–Crippen LogP) is 4.37. The number of hydrogen-bond donors (Lipinski definition) is 0.